The van der Waals surface area contributed by atoms with Gasteiger partial charge in [-0.1, -0.05) is 78.9 Å². The molecule has 0 aromatic heterocycles. The van der Waals surface area contributed by atoms with Gasteiger partial charge in [-0.2, -0.15) is 26.3 Å². The van der Waals surface area contributed by atoms with Gasteiger partial charge in [0.05, 0.1) is 25.3 Å². The molecule has 2 amide bonds. The highest BCUT2D eigenvalue weighted by molar-refractivity contribution is 5.98. The predicted molar refractivity (Wildman–Crippen MR) is 233 cm³/mol. The van der Waals surface area contributed by atoms with Gasteiger partial charge in [0.2, 0.25) is 0 Å². The number of aliphatic hydroxyl groups is 2. The van der Waals surface area contributed by atoms with Crippen LogP contribution in [0.15, 0.2) is 140 Å². The molecule has 15 heteroatoms. The second-order valence-corrected chi connectivity index (χ2v) is 14.9. The minimum Gasteiger partial charge on any atom is -0.493 e. The van der Waals surface area contributed by atoms with Crippen LogP contribution in [0.3, 0.4) is 0 Å². The van der Waals surface area contributed by atoms with Crippen molar-refractivity contribution in [2.45, 2.75) is 51.2 Å². The molecule has 0 radical (unpaired) electrons. The molecule has 2 atom stereocenters. The van der Waals surface area contributed by atoms with E-state index < -0.39 is 53.3 Å². The van der Waals surface area contributed by atoms with Crippen molar-refractivity contribution in [1.29, 1.82) is 0 Å². The van der Waals surface area contributed by atoms with Crippen LogP contribution in [-0.4, -0.2) is 49.3 Å². The fourth-order valence-electron chi connectivity index (χ4n) is 6.72. The molecule has 342 valence electrons. The molecule has 0 spiro atoms. The molecule has 0 fully saturated rings. The van der Waals surface area contributed by atoms with E-state index >= 15 is 0 Å². The fourth-order valence-corrected chi connectivity index (χ4v) is 6.72. The number of benzene rings is 6. The summed E-state index contributed by atoms with van der Waals surface area (Å²) in [6.07, 6.45) is -11.4. The van der Waals surface area contributed by atoms with Crippen LogP contribution >= 0.6 is 0 Å². The van der Waals surface area contributed by atoms with Crippen molar-refractivity contribution in [2.24, 2.45) is 0 Å². The molecule has 0 aliphatic rings. The molecule has 0 aliphatic heterocycles. The molecule has 6 aromatic carbocycles. The van der Waals surface area contributed by atoms with Crippen molar-refractivity contribution in [3.8, 4) is 11.5 Å². The predicted octanol–water partition coefficient (Wildman–Crippen LogP) is 10.8. The maximum Gasteiger partial charge on any atom is 0.416 e. The Bertz CT molecular complexity index is 2510. The van der Waals surface area contributed by atoms with Crippen LogP contribution in [0.4, 0.5) is 42.1 Å². The second kappa shape index (κ2) is 21.8. The smallest absolute Gasteiger partial charge is 0.416 e. The van der Waals surface area contributed by atoms with Crippen LogP contribution in [0.5, 0.6) is 11.5 Å². The van der Waals surface area contributed by atoms with Crippen molar-refractivity contribution < 1.29 is 60.0 Å². The van der Waals surface area contributed by atoms with Gasteiger partial charge in [-0.15, -0.1) is 0 Å². The summed E-state index contributed by atoms with van der Waals surface area (Å²) in [7, 11) is 2.87. The van der Waals surface area contributed by atoms with E-state index in [9.17, 15) is 50.5 Å². The Morgan fingerprint density at radius 3 is 1.49 bits per heavy atom. The number of amides is 2. The Morgan fingerprint density at radius 2 is 1.02 bits per heavy atom. The molecule has 2 N–H and O–H groups in total. The maximum atomic E-state index is 14.2. The first-order chi connectivity index (χ1) is 30.8. The van der Waals surface area contributed by atoms with E-state index in [1.54, 1.807) is 42.5 Å². The number of aliphatic hydroxyl groups excluding tert-OH is 2. The van der Waals surface area contributed by atoms with E-state index in [1.807, 2.05) is 32.0 Å². The molecule has 1 unspecified atom stereocenters. The van der Waals surface area contributed by atoms with Crippen LogP contribution in [0.2, 0.25) is 0 Å². The molecular weight excluding hydrogens is 858 g/mol. The number of nitrogens with zero attached hydrogens (tertiary/aromatic N) is 2. The number of hydrogen-bond acceptors (Lipinski definition) is 6. The van der Waals surface area contributed by atoms with E-state index in [1.165, 1.54) is 72.6 Å². The van der Waals surface area contributed by atoms with E-state index in [4.69, 9.17) is 9.47 Å². The highest BCUT2D eigenvalue weighted by Gasteiger charge is 2.32. The molecule has 0 aliphatic carbocycles. The number of rotatable bonds is 14. The molecule has 0 saturated heterocycles. The summed E-state index contributed by atoms with van der Waals surface area (Å²) in [6.45, 7) is 4.12. The Hall–Kier alpha value is -6.71. The third-order valence-corrected chi connectivity index (χ3v) is 10.6. The molecule has 6 aromatic rings. The Labute approximate surface area is 372 Å². The van der Waals surface area contributed by atoms with Crippen LogP contribution in [0, 0.1) is 19.7 Å². The van der Waals surface area contributed by atoms with Gasteiger partial charge in [-0.3, -0.25) is 9.59 Å². The molecule has 8 nitrogen and oxygen atoms in total. The molecule has 6 rings (SSSR count). The van der Waals surface area contributed by atoms with Crippen LogP contribution in [0.1, 0.15) is 56.7 Å². The van der Waals surface area contributed by atoms with Gasteiger partial charge in [-0.05, 0) is 109 Å². The van der Waals surface area contributed by atoms with Crippen molar-refractivity contribution in [3.63, 3.8) is 0 Å². The van der Waals surface area contributed by atoms with Gasteiger partial charge in [0.1, 0.15) is 5.82 Å². The van der Waals surface area contributed by atoms with Crippen LogP contribution < -0.4 is 19.3 Å². The normalized spacial score (nSPS) is 12.3. The lowest BCUT2D eigenvalue weighted by atomic mass is 10.0. The first-order valence-electron chi connectivity index (χ1n) is 20.2. The lowest BCUT2D eigenvalue weighted by Crippen LogP contribution is -2.37. The first kappa shape index (κ1) is 49.3. The summed E-state index contributed by atoms with van der Waals surface area (Å²) in [6, 6.07) is 33.8. The van der Waals surface area contributed by atoms with Crippen molar-refractivity contribution in [2.75, 3.05) is 37.1 Å². The SMILES string of the molecule is COc1ccc(N(CCc2ccc(C(F)(F)F)cc2)C(=O)C(O)c2ccccc2F)cc1OC.Cc1ccc(N(CCc2ccc(C(F)(F)F)cc2)C(=O)[C@@H](O)c2ccccc2)cc1C. The van der Waals surface area contributed by atoms with Gasteiger partial charge < -0.3 is 29.5 Å². The molecule has 65 heavy (non-hydrogen) atoms. The molecule has 0 bridgehead atoms. The molecular formula is C50H47F7N2O6. The summed E-state index contributed by atoms with van der Waals surface area (Å²) >= 11 is 0. The topological polar surface area (TPSA) is 99.5 Å². The Kier molecular flexibility index (Phi) is 16.5. The van der Waals surface area contributed by atoms with E-state index in [2.05, 4.69) is 0 Å². The average Bonchev–Trinajstić information content (AvgIpc) is 3.30. The third-order valence-electron chi connectivity index (χ3n) is 10.6. The van der Waals surface area contributed by atoms with Crippen molar-refractivity contribution >= 4 is 23.2 Å². The third kappa shape index (κ3) is 13.0. The van der Waals surface area contributed by atoms with E-state index in [0.29, 0.717) is 46.0 Å². The van der Waals surface area contributed by atoms with Crippen molar-refractivity contribution in [1.82, 2.24) is 0 Å². The van der Waals surface area contributed by atoms with Gasteiger partial charge >= 0.3 is 12.4 Å². The number of hydrogen-bond donors (Lipinski definition) is 2. The minimum atomic E-state index is -4.45. The molecule has 0 saturated carbocycles. The zero-order valence-electron chi connectivity index (χ0n) is 35.8. The number of aryl methyl sites for hydroxylation is 2. The number of ether oxygens (including phenoxy) is 2. The van der Waals surface area contributed by atoms with Crippen LogP contribution in [-0.2, 0) is 34.8 Å². The summed E-state index contributed by atoms with van der Waals surface area (Å²) in [5.74, 6) is -1.28. The second-order valence-electron chi connectivity index (χ2n) is 14.9. The number of anilines is 2. The minimum absolute atomic E-state index is 0.00515. The summed E-state index contributed by atoms with van der Waals surface area (Å²) in [5, 5.41) is 21.3. The quantitative estimate of drug-likeness (QED) is 0.106. The fraction of sp³-hybridized carbons (Fsp3) is 0.240. The first-order valence-corrected chi connectivity index (χ1v) is 20.2. The zero-order chi connectivity index (χ0) is 47.5. The molecule has 0 heterocycles. The highest BCUT2D eigenvalue weighted by Crippen LogP contribution is 2.34. The number of carbonyl (C=O) groups is 2. The lowest BCUT2D eigenvalue weighted by Gasteiger charge is -2.26. The Balaban J connectivity index is 0.000000245. The summed E-state index contributed by atoms with van der Waals surface area (Å²) in [4.78, 5) is 29.1. The monoisotopic (exact) mass is 904 g/mol. The maximum absolute atomic E-state index is 14.2. The highest BCUT2D eigenvalue weighted by atomic mass is 19.4. The zero-order valence-corrected chi connectivity index (χ0v) is 35.8. The number of alkyl halides is 6. The summed E-state index contributed by atoms with van der Waals surface area (Å²) in [5.41, 5.74) is 3.07. The standard InChI is InChI=1S/C25H23F4NO4.C25H24F3NO2/c1-33-21-12-11-18(15-22(21)34-2)30(24(32)23(31)19-5-3-4-6-20(19)26)14-13-16-7-9-17(10-8-16)25(27,28)29;1-17-8-13-22(16-18(17)2)29(24(31)23(30)20-6-4-3-5-7-20)15-14-19-9-11-21(12-10-19)25(26,27)28/h3-12,15,23,31H,13-14H2,1-2H3;3-13,16,23,30H,14-15H2,1-2H3/t;23-/m.0/s1. The number of halogens is 7. The average molecular weight is 905 g/mol. The Morgan fingerprint density at radius 1 is 0.554 bits per heavy atom. The van der Waals surface area contributed by atoms with E-state index in [0.717, 1.165) is 41.5 Å². The summed E-state index contributed by atoms with van der Waals surface area (Å²) < 4.78 is 102. The van der Waals surface area contributed by atoms with Crippen molar-refractivity contribution in [3.05, 3.63) is 190 Å². The van der Waals surface area contributed by atoms with Gasteiger partial charge in [0.25, 0.3) is 11.8 Å². The van der Waals surface area contributed by atoms with Crippen LogP contribution in [0.25, 0.3) is 0 Å². The lowest BCUT2D eigenvalue weighted by molar-refractivity contribution is -0.138. The van der Waals surface area contributed by atoms with Gasteiger partial charge in [0, 0.05) is 36.1 Å². The number of methoxy groups -OCH3 is 2. The largest absolute Gasteiger partial charge is 0.493 e. The van der Waals surface area contributed by atoms with Gasteiger partial charge in [-0.25, -0.2) is 4.39 Å². The van der Waals surface area contributed by atoms with E-state index in [-0.39, 0.29) is 25.1 Å². The van der Waals surface area contributed by atoms with Gasteiger partial charge in [0.15, 0.2) is 23.7 Å². The number of carbonyl (C=O) groups excluding carboxylic acids is 2.